The summed E-state index contributed by atoms with van der Waals surface area (Å²) in [6, 6.07) is 10.7. The number of ether oxygens (including phenoxy) is 1. The van der Waals surface area contributed by atoms with Gasteiger partial charge in [0.25, 0.3) is 0 Å². The highest BCUT2D eigenvalue weighted by Crippen LogP contribution is 2.41. The lowest BCUT2D eigenvalue weighted by molar-refractivity contribution is -0.601. The summed E-state index contributed by atoms with van der Waals surface area (Å²) >= 11 is 1.83. The first kappa shape index (κ1) is 61.6. The third kappa shape index (κ3) is 15.3. The Labute approximate surface area is 428 Å². The summed E-state index contributed by atoms with van der Waals surface area (Å²) in [6.45, 7) is 3.68. The molecule has 0 aliphatic carbocycles. The minimum absolute atomic E-state index is 0.0807. The molecule has 0 aliphatic heterocycles. The van der Waals surface area contributed by atoms with Crippen LogP contribution in [0.15, 0.2) is 132 Å². The molecule has 6 aromatic rings. The summed E-state index contributed by atoms with van der Waals surface area (Å²) in [5.74, 6) is 1.03. The SMILES string of the molecule is CCOCCSc1ccccc1[I+]c1ccccc1.FC(F)(F)c1cc([B-](c2cc(C(F)(F)F)cc(C(F)(F)F)c2)(c2cc(C(F)(F)F)cc(C(F)(F)F)c2)c2cc(C(F)(F)F)cc(C(F)(F)F)c2)cc(C(F)(F)F)c1. The lowest BCUT2D eigenvalue weighted by Gasteiger charge is -2.46. The number of hydrogen-bond acceptors (Lipinski definition) is 2. The molecule has 0 saturated heterocycles. The third-order valence-electron chi connectivity index (χ3n) is 10.9. The van der Waals surface area contributed by atoms with Crippen LogP contribution in [0.3, 0.4) is 0 Å². The zero-order valence-corrected chi connectivity index (χ0v) is 40.6. The van der Waals surface area contributed by atoms with Gasteiger partial charge in [0.15, 0.2) is 3.57 Å². The van der Waals surface area contributed by atoms with E-state index in [1.165, 1.54) is 12.0 Å². The van der Waals surface area contributed by atoms with E-state index < -0.39 is 195 Å². The fourth-order valence-corrected chi connectivity index (χ4v) is 11.5. The molecule has 0 atom stereocenters. The summed E-state index contributed by atoms with van der Waals surface area (Å²) in [5.41, 5.74) is -30.2. The fourth-order valence-electron chi connectivity index (χ4n) is 7.66. The average molecular weight is 1250 g/mol. The van der Waals surface area contributed by atoms with Crippen LogP contribution in [0.2, 0.25) is 0 Å². The molecular formula is C48H30BF24IOS. The normalized spacial score (nSPS) is 13.4. The van der Waals surface area contributed by atoms with Crippen molar-refractivity contribution in [2.75, 3.05) is 19.0 Å². The molecule has 0 unspecified atom stereocenters. The number of alkyl halides is 24. The number of hydrogen-bond donors (Lipinski definition) is 0. The molecule has 6 aromatic carbocycles. The van der Waals surface area contributed by atoms with Crippen molar-refractivity contribution in [1.29, 1.82) is 0 Å². The van der Waals surface area contributed by atoms with Crippen LogP contribution in [0, 0.1) is 7.14 Å². The van der Waals surface area contributed by atoms with Crippen molar-refractivity contribution in [2.24, 2.45) is 0 Å². The zero-order valence-electron chi connectivity index (χ0n) is 37.6. The zero-order chi connectivity index (χ0) is 57.3. The molecule has 1 nitrogen and oxygen atoms in total. The molecular weight excluding hydrogens is 1220 g/mol. The van der Waals surface area contributed by atoms with Crippen LogP contribution in [0.25, 0.3) is 0 Å². The van der Waals surface area contributed by atoms with Crippen molar-refractivity contribution in [3.05, 3.63) is 179 Å². The second-order valence-corrected chi connectivity index (χ2v) is 20.2. The molecule has 0 radical (unpaired) electrons. The number of thioether (sulfide) groups is 1. The van der Waals surface area contributed by atoms with Gasteiger partial charge in [-0.15, -0.1) is 11.8 Å². The molecule has 0 N–H and O–H groups in total. The molecule has 0 fully saturated rings. The molecule has 0 aliphatic rings. The average Bonchev–Trinajstić information content (AvgIpc) is 3.29. The van der Waals surface area contributed by atoms with E-state index in [0.717, 1.165) is 19.0 Å². The molecule has 412 valence electrons. The largest absolute Gasteiger partial charge is 0.416 e. The van der Waals surface area contributed by atoms with Crippen LogP contribution in [-0.2, 0) is 54.1 Å². The summed E-state index contributed by atoms with van der Waals surface area (Å²) in [7, 11) is 0. The Morgan fingerprint density at radius 3 is 0.895 bits per heavy atom. The van der Waals surface area contributed by atoms with Gasteiger partial charge >= 0.3 is 70.6 Å². The van der Waals surface area contributed by atoms with Crippen LogP contribution >= 0.6 is 11.8 Å². The fraction of sp³-hybridized carbons (Fsp3) is 0.250. The Bertz CT molecular complexity index is 2510. The first-order valence-electron chi connectivity index (χ1n) is 21.0. The van der Waals surface area contributed by atoms with E-state index in [9.17, 15) is 105 Å². The van der Waals surface area contributed by atoms with Crippen molar-refractivity contribution < 1.29 is 131 Å². The predicted octanol–water partition coefficient (Wildman–Crippen LogP) is 12.2. The molecule has 0 saturated carbocycles. The number of benzene rings is 6. The Morgan fingerprint density at radius 2 is 0.632 bits per heavy atom. The van der Waals surface area contributed by atoms with Gasteiger partial charge < -0.3 is 4.74 Å². The second kappa shape index (κ2) is 22.6. The van der Waals surface area contributed by atoms with Gasteiger partial charge in [-0.2, -0.15) is 127 Å². The number of halogens is 25. The smallest absolute Gasteiger partial charge is 0.381 e. The van der Waals surface area contributed by atoms with E-state index in [2.05, 4.69) is 54.6 Å². The predicted molar refractivity (Wildman–Crippen MR) is 228 cm³/mol. The van der Waals surface area contributed by atoms with Crippen LogP contribution in [-0.4, -0.2) is 25.1 Å². The van der Waals surface area contributed by atoms with Crippen molar-refractivity contribution in [3.8, 4) is 0 Å². The summed E-state index contributed by atoms with van der Waals surface area (Å²) in [4.78, 5) is 1.42. The summed E-state index contributed by atoms with van der Waals surface area (Å²) < 4.78 is 349. The van der Waals surface area contributed by atoms with Crippen molar-refractivity contribution in [1.82, 2.24) is 0 Å². The van der Waals surface area contributed by atoms with Crippen LogP contribution in [0.1, 0.15) is 51.4 Å². The van der Waals surface area contributed by atoms with Crippen molar-refractivity contribution in [3.63, 3.8) is 0 Å². The highest BCUT2D eigenvalue weighted by Gasteiger charge is 2.47. The van der Waals surface area contributed by atoms with E-state index in [1.54, 1.807) is 0 Å². The van der Waals surface area contributed by atoms with Crippen LogP contribution in [0.4, 0.5) is 105 Å². The quantitative estimate of drug-likeness (QED) is 0.0420. The number of rotatable bonds is 11. The van der Waals surface area contributed by atoms with Crippen LogP contribution in [0.5, 0.6) is 0 Å². The van der Waals surface area contributed by atoms with Crippen molar-refractivity contribution in [2.45, 2.75) is 61.2 Å². The molecule has 0 amide bonds. The molecule has 6 rings (SSSR count). The van der Waals surface area contributed by atoms with Gasteiger partial charge in [-0.05, 0) is 55.5 Å². The monoisotopic (exact) mass is 1250 g/mol. The molecule has 0 heterocycles. The van der Waals surface area contributed by atoms with Gasteiger partial charge in [0.05, 0.1) is 56.0 Å². The topological polar surface area (TPSA) is 9.23 Å². The Kier molecular flexibility index (Phi) is 18.3. The molecule has 28 heteroatoms. The molecule has 0 spiro atoms. The highest BCUT2D eigenvalue weighted by molar-refractivity contribution is 7.99. The van der Waals surface area contributed by atoms with Gasteiger partial charge in [-0.3, -0.25) is 0 Å². The van der Waals surface area contributed by atoms with Gasteiger partial charge in [-0.25, -0.2) is 0 Å². The Morgan fingerprint density at radius 1 is 0.368 bits per heavy atom. The standard InChI is InChI=1S/C32H12BF24.C16H18IOS/c34-25(35,36)13-1-14(26(37,38)39)6-21(5-13)33(22-7-15(27(40,41)42)2-16(8-22)28(43,44)45,23-9-17(29(46,47)48)3-18(10-23)30(49,50)51)24-11-19(31(52,53)54)4-20(12-24)32(55,56)57;1-2-18-12-13-19-16-11-7-6-10-15(16)17-14-8-4-3-5-9-14/h1-12H;3-11H,2,12-13H2,1H3/q-1;+1. The first-order chi connectivity index (χ1) is 34.7. The lowest BCUT2D eigenvalue weighted by atomic mass is 9.12. The maximum absolute atomic E-state index is 14.2. The van der Waals surface area contributed by atoms with E-state index >= 15 is 0 Å². The maximum Gasteiger partial charge on any atom is 0.416 e. The van der Waals surface area contributed by atoms with Crippen LogP contribution < -0.4 is 43.1 Å². The minimum Gasteiger partial charge on any atom is -0.381 e. The lowest BCUT2D eigenvalue weighted by Crippen LogP contribution is -3.61. The summed E-state index contributed by atoms with van der Waals surface area (Å²) in [5, 5.41) is 0. The van der Waals surface area contributed by atoms with E-state index in [-0.39, 0.29) is 21.2 Å². The molecule has 0 aromatic heterocycles. The van der Waals surface area contributed by atoms with E-state index in [1.807, 2.05) is 18.7 Å². The van der Waals surface area contributed by atoms with E-state index in [0.29, 0.717) is 0 Å². The Hall–Kier alpha value is -5.26. The highest BCUT2D eigenvalue weighted by atomic mass is 127. The van der Waals surface area contributed by atoms with Gasteiger partial charge in [0.2, 0.25) is 3.57 Å². The van der Waals surface area contributed by atoms with Gasteiger partial charge in [-0.1, -0.05) is 78.9 Å². The minimum atomic E-state index is -6.13. The second-order valence-electron chi connectivity index (χ2n) is 16.1. The third-order valence-corrected chi connectivity index (χ3v) is 15.2. The molecule has 0 bridgehead atoms. The Balaban J connectivity index is 0.000000468. The van der Waals surface area contributed by atoms with Gasteiger partial charge in [0.1, 0.15) is 6.15 Å². The first-order valence-corrected chi connectivity index (χ1v) is 24.2. The van der Waals surface area contributed by atoms with E-state index in [4.69, 9.17) is 4.74 Å². The maximum atomic E-state index is 14.2. The summed E-state index contributed by atoms with van der Waals surface area (Å²) in [6.07, 6.45) is -54.8. The molecule has 76 heavy (non-hydrogen) atoms. The van der Waals surface area contributed by atoms with Crippen molar-refractivity contribution >= 4 is 39.8 Å². The van der Waals surface area contributed by atoms with Gasteiger partial charge in [0, 0.05) is 12.4 Å².